The average molecular weight is 280 g/mol. The molecular weight excluding hydrogens is 260 g/mol. The lowest BCUT2D eigenvalue weighted by atomic mass is 9.99. The maximum Gasteiger partial charge on any atom is 0.303 e. The van der Waals surface area contributed by atoms with Crippen LogP contribution in [0.25, 0.3) is 0 Å². The first-order valence-electron chi connectivity index (χ1n) is 6.00. The van der Waals surface area contributed by atoms with Crippen molar-refractivity contribution >= 4 is 5.97 Å². The van der Waals surface area contributed by atoms with Gasteiger partial charge in [-0.15, -0.1) is 0 Å². The van der Waals surface area contributed by atoms with E-state index in [9.17, 15) is 20.1 Å². The second-order valence-electron chi connectivity index (χ2n) is 4.73. The molecule has 1 aliphatic heterocycles. The Morgan fingerprint density at radius 3 is 2.42 bits per heavy atom. The Balaban J connectivity index is 2.50. The van der Waals surface area contributed by atoms with Crippen LogP contribution < -0.4 is 0 Å². The van der Waals surface area contributed by atoms with E-state index < -0.39 is 43.3 Å². The molecule has 0 spiro atoms. The van der Waals surface area contributed by atoms with E-state index >= 15 is 0 Å². The third-order valence-electron chi connectivity index (χ3n) is 2.92. The molecule has 0 bridgehead atoms. The van der Waals surface area contributed by atoms with Crippen LogP contribution in [0.4, 0.5) is 0 Å². The number of aliphatic hydroxyl groups is 4. The molecule has 0 saturated carbocycles. The van der Waals surface area contributed by atoms with Crippen molar-refractivity contribution in [3.8, 4) is 0 Å². The third kappa shape index (κ3) is 4.37. The van der Waals surface area contributed by atoms with Crippen molar-refractivity contribution in [1.29, 1.82) is 0 Å². The first-order chi connectivity index (χ1) is 8.86. The van der Waals surface area contributed by atoms with Gasteiger partial charge in [-0.05, 0) is 5.92 Å². The van der Waals surface area contributed by atoms with Crippen LogP contribution in [0.15, 0.2) is 0 Å². The number of ether oxygens (including phenoxy) is 2. The SMILES string of the molecule is CC(COC1OC(CO)C(O)C(O)C1O)CC(=O)O. The second-order valence-corrected chi connectivity index (χ2v) is 4.73. The Morgan fingerprint density at radius 1 is 1.26 bits per heavy atom. The predicted octanol–water partition coefficient (Wildman–Crippen LogP) is -2.09. The fourth-order valence-corrected chi connectivity index (χ4v) is 1.82. The van der Waals surface area contributed by atoms with Crippen LogP contribution in [0.2, 0.25) is 0 Å². The number of rotatable bonds is 6. The smallest absolute Gasteiger partial charge is 0.303 e. The molecule has 112 valence electrons. The summed E-state index contributed by atoms with van der Waals surface area (Å²) in [4.78, 5) is 10.5. The molecule has 0 aromatic rings. The van der Waals surface area contributed by atoms with Crippen molar-refractivity contribution in [3.05, 3.63) is 0 Å². The Morgan fingerprint density at radius 2 is 1.89 bits per heavy atom. The Hall–Kier alpha value is -0.770. The minimum Gasteiger partial charge on any atom is -0.481 e. The van der Waals surface area contributed by atoms with Gasteiger partial charge in [0.05, 0.1) is 19.6 Å². The number of carboxylic acid groups (broad SMARTS) is 1. The van der Waals surface area contributed by atoms with Crippen molar-refractivity contribution in [2.24, 2.45) is 5.92 Å². The molecule has 0 aromatic carbocycles. The summed E-state index contributed by atoms with van der Waals surface area (Å²) in [6.07, 6.45) is -6.74. The van der Waals surface area contributed by atoms with Crippen LogP contribution in [0, 0.1) is 5.92 Å². The highest BCUT2D eigenvalue weighted by molar-refractivity contribution is 5.66. The zero-order valence-corrected chi connectivity index (χ0v) is 10.5. The summed E-state index contributed by atoms with van der Waals surface area (Å²) in [5.74, 6) is -1.27. The van der Waals surface area contributed by atoms with Crippen LogP contribution in [-0.2, 0) is 14.3 Å². The minimum absolute atomic E-state index is 0.00892. The van der Waals surface area contributed by atoms with Gasteiger partial charge < -0.3 is 35.0 Å². The standard InChI is InChI=1S/C11H20O8/c1-5(2-7(13)14)4-18-11-10(17)9(16)8(15)6(3-12)19-11/h5-6,8-12,15-17H,2-4H2,1H3,(H,13,14). The van der Waals surface area contributed by atoms with Crippen molar-refractivity contribution in [3.63, 3.8) is 0 Å². The van der Waals surface area contributed by atoms with Crippen molar-refractivity contribution in [2.75, 3.05) is 13.2 Å². The first-order valence-corrected chi connectivity index (χ1v) is 6.00. The monoisotopic (exact) mass is 280 g/mol. The van der Waals surface area contributed by atoms with Crippen molar-refractivity contribution in [1.82, 2.24) is 0 Å². The van der Waals surface area contributed by atoms with Gasteiger partial charge in [0.25, 0.3) is 0 Å². The zero-order valence-electron chi connectivity index (χ0n) is 10.5. The average Bonchev–Trinajstić information content (AvgIpc) is 2.34. The number of hydrogen-bond donors (Lipinski definition) is 5. The maximum absolute atomic E-state index is 10.5. The van der Waals surface area contributed by atoms with Gasteiger partial charge in [0.2, 0.25) is 0 Å². The molecule has 1 rings (SSSR count). The molecule has 1 aliphatic rings. The van der Waals surface area contributed by atoms with Crippen LogP contribution in [0.3, 0.4) is 0 Å². The Labute approximate surface area is 110 Å². The quantitative estimate of drug-likeness (QED) is 0.373. The lowest BCUT2D eigenvalue weighted by molar-refractivity contribution is -0.303. The molecule has 0 amide bonds. The Kier molecular flexibility index (Phi) is 6.11. The largest absolute Gasteiger partial charge is 0.481 e. The fraction of sp³-hybridized carbons (Fsp3) is 0.909. The van der Waals surface area contributed by atoms with E-state index in [2.05, 4.69) is 0 Å². The van der Waals surface area contributed by atoms with Gasteiger partial charge in [-0.3, -0.25) is 4.79 Å². The van der Waals surface area contributed by atoms with E-state index in [1.807, 2.05) is 0 Å². The summed E-state index contributed by atoms with van der Waals surface area (Å²) in [5.41, 5.74) is 0. The summed E-state index contributed by atoms with van der Waals surface area (Å²) in [6.45, 7) is 1.13. The van der Waals surface area contributed by atoms with E-state index in [1.54, 1.807) is 6.92 Å². The van der Waals surface area contributed by atoms with E-state index in [0.29, 0.717) is 0 Å². The van der Waals surface area contributed by atoms with Crippen LogP contribution in [0.1, 0.15) is 13.3 Å². The topological polar surface area (TPSA) is 137 Å². The van der Waals surface area contributed by atoms with E-state index in [1.165, 1.54) is 0 Å². The lowest BCUT2D eigenvalue weighted by Gasteiger charge is -2.39. The normalized spacial score (nSPS) is 37.0. The number of aliphatic carboxylic acids is 1. The predicted molar refractivity (Wildman–Crippen MR) is 61.1 cm³/mol. The van der Waals surface area contributed by atoms with Crippen LogP contribution in [0.5, 0.6) is 0 Å². The highest BCUT2D eigenvalue weighted by Gasteiger charge is 2.44. The summed E-state index contributed by atoms with van der Waals surface area (Å²) >= 11 is 0. The number of carboxylic acids is 1. The molecule has 6 atom stereocenters. The van der Waals surface area contributed by atoms with Gasteiger partial charge in [-0.1, -0.05) is 6.92 Å². The summed E-state index contributed by atoms with van der Waals surface area (Å²) in [6, 6.07) is 0. The van der Waals surface area contributed by atoms with Gasteiger partial charge >= 0.3 is 5.97 Å². The minimum atomic E-state index is -1.49. The molecule has 1 heterocycles. The molecule has 1 fully saturated rings. The highest BCUT2D eigenvalue weighted by atomic mass is 16.7. The van der Waals surface area contributed by atoms with E-state index in [4.69, 9.17) is 19.7 Å². The van der Waals surface area contributed by atoms with E-state index in [0.717, 1.165) is 0 Å². The van der Waals surface area contributed by atoms with Gasteiger partial charge in [-0.2, -0.15) is 0 Å². The van der Waals surface area contributed by atoms with Gasteiger partial charge in [-0.25, -0.2) is 0 Å². The first kappa shape index (κ1) is 16.3. The van der Waals surface area contributed by atoms with Crippen LogP contribution >= 0.6 is 0 Å². The molecular formula is C11H20O8. The fourth-order valence-electron chi connectivity index (χ4n) is 1.82. The van der Waals surface area contributed by atoms with Crippen molar-refractivity contribution < 1.29 is 39.8 Å². The molecule has 6 unspecified atom stereocenters. The van der Waals surface area contributed by atoms with Gasteiger partial charge in [0.15, 0.2) is 6.29 Å². The molecule has 8 nitrogen and oxygen atoms in total. The zero-order chi connectivity index (χ0) is 14.6. The van der Waals surface area contributed by atoms with Crippen molar-refractivity contribution in [2.45, 2.75) is 44.1 Å². The van der Waals surface area contributed by atoms with Gasteiger partial charge in [0.1, 0.15) is 24.4 Å². The Bertz CT molecular complexity index is 294. The summed E-state index contributed by atoms with van der Waals surface area (Å²) in [5, 5.41) is 46.3. The lowest BCUT2D eigenvalue weighted by Crippen LogP contribution is -2.59. The van der Waals surface area contributed by atoms with Crippen LogP contribution in [-0.4, -0.2) is 75.4 Å². The maximum atomic E-state index is 10.5. The molecule has 0 aromatic heterocycles. The van der Waals surface area contributed by atoms with Gasteiger partial charge in [0, 0.05) is 0 Å². The molecule has 0 radical (unpaired) electrons. The molecule has 8 heteroatoms. The third-order valence-corrected chi connectivity index (χ3v) is 2.92. The highest BCUT2D eigenvalue weighted by Crippen LogP contribution is 2.22. The van der Waals surface area contributed by atoms with E-state index in [-0.39, 0.29) is 18.9 Å². The number of hydrogen-bond acceptors (Lipinski definition) is 7. The number of aliphatic hydroxyl groups excluding tert-OH is 4. The summed E-state index contributed by atoms with van der Waals surface area (Å²) in [7, 11) is 0. The molecule has 1 saturated heterocycles. The molecule has 0 aliphatic carbocycles. The summed E-state index contributed by atoms with van der Waals surface area (Å²) < 4.78 is 10.3. The number of carbonyl (C=O) groups is 1. The second kappa shape index (κ2) is 7.13. The molecule has 5 N–H and O–H groups in total. The molecule has 19 heavy (non-hydrogen) atoms.